The number of methoxy groups -OCH3 is 1. The summed E-state index contributed by atoms with van der Waals surface area (Å²) < 4.78 is 5.19. The van der Waals surface area contributed by atoms with Crippen molar-refractivity contribution in [2.24, 2.45) is 0 Å². The van der Waals surface area contributed by atoms with Crippen molar-refractivity contribution >= 4 is 12.0 Å². The summed E-state index contributed by atoms with van der Waals surface area (Å²) in [4.78, 5) is 23.3. The molecule has 2 amide bonds. The number of carbonyl (C=O) groups excluding carboxylic acids is 1. The summed E-state index contributed by atoms with van der Waals surface area (Å²) in [5.41, 5.74) is -0.408. The van der Waals surface area contributed by atoms with Crippen LogP contribution >= 0.6 is 0 Å². The van der Waals surface area contributed by atoms with Crippen LogP contribution in [0.4, 0.5) is 4.79 Å². The zero-order valence-electron chi connectivity index (χ0n) is 12.6. The topological polar surface area (TPSA) is 87.7 Å². The van der Waals surface area contributed by atoms with Crippen molar-refractivity contribution < 1.29 is 19.4 Å². The van der Waals surface area contributed by atoms with Crippen LogP contribution in [0, 0.1) is 0 Å². The van der Waals surface area contributed by atoms with Gasteiger partial charge in [0.05, 0.1) is 7.11 Å². The Morgan fingerprint density at radius 2 is 1.86 bits per heavy atom. The predicted octanol–water partition coefficient (Wildman–Crippen LogP) is 2.14. The maximum atomic E-state index is 11.9. The predicted molar refractivity (Wildman–Crippen MR) is 79.3 cm³/mol. The third-order valence-corrected chi connectivity index (χ3v) is 3.60. The van der Waals surface area contributed by atoms with E-state index in [1.807, 2.05) is 18.2 Å². The van der Waals surface area contributed by atoms with E-state index < -0.39 is 17.5 Å². The van der Waals surface area contributed by atoms with E-state index in [4.69, 9.17) is 4.74 Å². The number of hydrogen-bond acceptors (Lipinski definition) is 3. The first-order valence-electron chi connectivity index (χ1n) is 6.90. The zero-order chi connectivity index (χ0) is 15.9. The van der Waals surface area contributed by atoms with Gasteiger partial charge in [0.25, 0.3) is 0 Å². The van der Waals surface area contributed by atoms with E-state index >= 15 is 0 Å². The molecule has 0 atom stereocenters. The number of carboxylic acid groups (broad SMARTS) is 1. The molecule has 3 N–H and O–H groups in total. The Labute approximate surface area is 124 Å². The fraction of sp³-hybridized carbons (Fsp3) is 0.467. The minimum Gasteiger partial charge on any atom is -0.496 e. The average molecular weight is 294 g/mol. The molecule has 6 heteroatoms. The highest BCUT2D eigenvalue weighted by Gasteiger charge is 2.36. The summed E-state index contributed by atoms with van der Waals surface area (Å²) in [5.74, 6) is -0.353. The maximum absolute atomic E-state index is 11.9. The Bertz CT molecular complexity index is 498. The standard InChI is InChI=1S/C15H22N2O4/c1-4-15(5-2,13(18)19)17-14(20)16-10-11-8-6-7-9-12(11)21-3/h6-9H,4-5,10H2,1-3H3,(H,18,19)(H2,16,17,20). The lowest BCUT2D eigenvalue weighted by atomic mass is 9.93. The first-order chi connectivity index (χ1) is 9.99. The molecule has 0 aliphatic carbocycles. The van der Waals surface area contributed by atoms with Crippen molar-refractivity contribution in [1.29, 1.82) is 0 Å². The van der Waals surface area contributed by atoms with Crippen LogP contribution in [-0.2, 0) is 11.3 Å². The van der Waals surface area contributed by atoms with E-state index in [1.165, 1.54) is 0 Å². The molecule has 0 aliphatic rings. The quantitative estimate of drug-likeness (QED) is 0.719. The Hall–Kier alpha value is -2.24. The van der Waals surface area contributed by atoms with Crippen molar-refractivity contribution in [1.82, 2.24) is 10.6 Å². The number of carbonyl (C=O) groups is 2. The molecule has 0 bridgehead atoms. The van der Waals surface area contributed by atoms with Gasteiger partial charge in [-0.15, -0.1) is 0 Å². The van der Waals surface area contributed by atoms with E-state index in [0.717, 1.165) is 5.56 Å². The van der Waals surface area contributed by atoms with Crippen LogP contribution in [-0.4, -0.2) is 29.8 Å². The zero-order valence-corrected chi connectivity index (χ0v) is 12.6. The second kappa shape index (κ2) is 7.52. The Kier molecular flexibility index (Phi) is 6.02. The van der Waals surface area contributed by atoms with Gasteiger partial charge in [-0.25, -0.2) is 9.59 Å². The highest BCUT2D eigenvalue weighted by molar-refractivity contribution is 5.86. The molecule has 0 heterocycles. The summed E-state index contributed by atoms with van der Waals surface area (Å²) >= 11 is 0. The average Bonchev–Trinajstić information content (AvgIpc) is 2.50. The molecule has 0 saturated heterocycles. The third-order valence-electron chi connectivity index (χ3n) is 3.60. The minimum atomic E-state index is -1.23. The van der Waals surface area contributed by atoms with Gasteiger partial charge in [0.2, 0.25) is 0 Å². The van der Waals surface area contributed by atoms with Gasteiger partial charge in [0, 0.05) is 12.1 Å². The number of amides is 2. The van der Waals surface area contributed by atoms with Crippen LogP contribution in [0.1, 0.15) is 32.3 Å². The number of aliphatic carboxylic acids is 1. The summed E-state index contributed by atoms with van der Waals surface area (Å²) in [6, 6.07) is 6.81. The molecule has 0 radical (unpaired) electrons. The SMILES string of the molecule is CCC(CC)(NC(=O)NCc1ccccc1OC)C(=O)O. The Morgan fingerprint density at radius 1 is 1.24 bits per heavy atom. The van der Waals surface area contributed by atoms with E-state index in [1.54, 1.807) is 27.0 Å². The van der Waals surface area contributed by atoms with Gasteiger partial charge in [-0.05, 0) is 18.9 Å². The van der Waals surface area contributed by atoms with E-state index in [2.05, 4.69) is 10.6 Å². The molecule has 0 unspecified atom stereocenters. The molecule has 0 aliphatic heterocycles. The lowest BCUT2D eigenvalue weighted by Gasteiger charge is -2.28. The summed E-state index contributed by atoms with van der Waals surface area (Å²) in [6.07, 6.45) is 0.641. The number of rotatable bonds is 7. The van der Waals surface area contributed by atoms with Crippen molar-refractivity contribution in [2.45, 2.75) is 38.8 Å². The number of ether oxygens (including phenoxy) is 1. The molecular formula is C15H22N2O4. The van der Waals surface area contributed by atoms with Crippen LogP contribution < -0.4 is 15.4 Å². The second-order valence-electron chi connectivity index (χ2n) is 4.71. The molecule has 1 aromatic rings. The molecule has 21 heavy (non-hydrogen) atoms. The third kappa shape index (κ3) is 4.11. The Morgan fingerprint density at radius 3 is 2.38 bits per heavy atom. The largest absolute Gasteiger partial charge is 0.496 e. The molecule has 0 fully saturated rings. The van der Waals surface area contributed by atoms with Crippen LogP contribution in [0.15, 0.2) is 24.3 Å². The molecule has 1 aromatic carbocycles. The smallest absolute Gasteiger partial charge is 0.329 e. The molecule has 0 saturated carbocycles. The van der Waals surface area contributed by atoms with Crippen molar-refractivity contribution in [3.8, 4) is 5.75 Å². The number of carboxylic acids is 1. The van der Waals surface area contributed by atoms with E-state index in [-0.39, 0.29) is 6.54 Å². The summed E-state index contributed by atoms with van der Waals surface area (Å²) in [6.45, 7) is 3.73. The first-order valence-corrected chi connectivity index (χ1v) is 6.90. The maximum Gasteiger partial charge on any atom is 0.329 e. The number of nitrogens with one attached hydrogen (secondary N) is 2. The molecule has 1 rings (SSSR count). The Balaban J connectivity index is 2.67. The second-order valence-corrected chi connectivity index (χ2v) is 4.71. The summed E-state index contributed by atoms with van der Waals surface area (Å²) in [5, 5.41) is 14.5. The number of para-hydroxylation sites is 1. The van der Waals surface area contributed by atoms with Crippen LogP contribution in [0.3, 0.4) is 0 Å². The van der Waals surface area contributed by atoms with Gasteiger partial charge in [0.1, 0.15) is 11.3 Å². The van der Waals surface area contributed by atoms with Gasteiger partial charge >= 0.3 is 12.0 Å². The van der Waals surface area contributed by atoms with Crippen molar-refractivity contribution in [2.75, 3.05) is 7.11 Å². The van der Waals surface area contributed by atoms with Gasteiger partial charge in [-0.2, -0.15) is 0 Å². The lowest BCUT2D eigenvalue weighted by Crippen LogP contribution is -2.56. The van der Waals surface area contributed by atoms with E-state index in [9.17, 15) is 14.7 Å². The fourth-order valence-corrected chi connectivity index (χ4v) is 2.07. The fourth-order valence-electron chi connectivity index (χ4n) is 2.07. The highest BCUT2D eigenvalue weighted by Crippen LogP contribution is 2.17. The first kappa shape index (κ1) is 16.8. The van der Waals surface area contributed by atoms with Crippen molar-refractivity contribution in [3.05, 3.63) is 29.8 Å². The lowest BCUT2D eigenvalue weighted by molar-refractivity contribution is -0.144. The number of urea groups is 1. The van der Waals surface area contributed by atoms with Gasteiger partial charge in [-0.1, -0.05) is 32.0 Å². The molecule has 0 spiro atoms. The van der Waals surface area contributed by atoms with Gasteiger partial charge in [-0.3, -0.25) is 0 Å². The molecule has 0 aromatic heterocycles. The van der Waals surface area contributed by atoms with Crippen LogP contribution in [0.2, 0.25) is 0 Å². The number of hydrogen-bond donors (Lipinski definition) is 3. The molecular weight excluding hydrogens is 272 g/mol. The highest BCUT2D eigenvalue weighted by atomic mass is 16.5. The molecule has 6 nitrogen and oxygen atoms in total. The van der Waals surface area contributed by atoms with Gasteiger partial charge < -0.3 is 20.5 Å². The van der Waals surface area contributed by atoms with Crippen LogP contribution in [0.25, 0.3) is 0 Å². The van der Waals surface area contributed by atoms with E-state index in [0.29, 0.717) is 18.6 Å². The summed E-state index contributed by atoms with van der Waals surface area (Å²) in [7, 11) is 1.56. The van der Waals surface area contributed by atoms with Crippen molar-refractivity contribution in [3.63, 3.8) is 0 Å². The normalized spacial score (nSPS) is 10.8. The van der Waals surface area contributed by atoms with Gasteiger partial charge in [0.15, 0.2) is 0 Å². The number of benzene rings is 1. The van der Waals surface area contributed by atoms with Crippen LogP contribution in [0.5, 0.6) is 5.75 Å². The monoisotopic (exact) mass is 294 g/mol. The molecule has 116 valence electrons. The minimum absolute atomic E-state index is 0.263.